The van der Waals surface area contributed by atoms with Gasteiger partial charge in [-0.2, -0.15) is 4.98 Å². The molecule has 0 bridgehead atoms. The van der Waals surface area contributed by atoms with Gasteiger partial charge in [0, 0.05) is 13.2 Å². The predicted octanol–water partition coefficient (Wildman–Crippen LogP) is 1.61. The first kappa shape index (κ1) is 18.4. The van der Waals surface area contributed by atoms with Gasteiger partial charge in [-0.25, -0.2) is 4.79 Å². The fourth-order valence-corrected chi connectivity index (χ4v) is 1.78. The molecule has 2 rings (SSSR count). The molecule has 0 saturated heterocycles. The minimum atomic E-state index is -0.618. The lowest BCUT2D eigenvalue weighted by Crippen LogP contribution is -2.40. The van der Waals surface area contributed by atoms with Crippen molar-refractivity contribution in [2.75, 3.05) is 13.6 Å². The first-order valence-corrected chi connectivity index (χ1v) is 7.69. The van der Waals surface area contributed by atoms with Gasteiger partial charge in [-0.3, -0.25) is 9.78 Å². The van der Waals surface area contributed by atoms with E-state index in [9.17, 15) is 9.59 Å². The summed E-state index contributed by atoms with van der Waals surface area (Å²) in [4.78, 5) is 33.2. The van der Waals surface area contributed by atoms with Crippen molar-refractivity contribution < 1.29 is 18.8 Å². The number of nitrogens with zero attached hydrogens (tertiary/aromatic N) is 4. The lowest BCUT2D eigenvalue weighted by Gasteiger charge is -2.24. The van der Waals surface area contributed by atoms with Crippen molar-refractivity contribution in [3.63, 3.8) is 0 Å². The first-order valence-electron chi connectivity index (χ1n) is 7.69. The fraction of sp³-hybridized carbons (Fsp3) is 0.438. The molecule has 1 N–H and O–H groups in total. The standard InChI is InChI=1S/C16H21N5O4/c1-16(2,3)24-15(23)21(4)10-12(22)18-9-13-19-14(20-25-13)11-7-5-6-8-17-11/h5-8H,9-10H2,1-4H3,(H,18,22). The number of pyridine rings is 1. The molecule has 2 aromatic rings. The highest BCUT2D eigenvalue weighted by Gasteiger charge is 2.21. The van der Waals surface area contributed by atoms with E-state index in [-0.39, 0.29) is 24.9 Å². The Balaban J connectivity index is 1.82. The van der Waals surface area contributed by atoms with Gasteiger partial charge in [-0.15, -0.1) is 0 Å². The largest absolute Gasteiger partial charge is 0.444 e. The van der Waals surface area contributed by atoms with E-state index in [4.69, 9.17) is 9.26 Å². The molecule has 0 saturated carbocycles. The first-order chi connectivity index (χ1) is 11.7. The van der Waals surface area contributed by atoms with Gasteiger partial charge >= 0.3 is 6.09 Å². The summed E-state index contributed by atoms with van der Waals surface area (Å²) < 4.78 is 10.2. The molecule has 0 spiro atoms. The number of carbonyl (C=O) groups excluding carboxylic acids is 2. The Kier molecular flexibility index (Phi) is 5.68. The van der Waals surface area contributed by atoms with Crippen LogP contribution in [0.15, 0.2) is 28.9 Å². The predicted molar refractivity (Wildman–Crippen MR) is 88.2 cm³/mol. The number of carbonyl (C=O) groups is 2. The van der Waals surface area contributed by atoms with Gasteiger partial charge in [0.1, 0.15) is 17.8 Å². The molecule has 25 heavy (non-hydrogen) atoms. The van der Waals surface area contributed by atoms with Crippen LogP contribution in [0.4, 0.5) is 4.79 Å². The maximum Gasteiger partial charge on any atom is 0.410 e. The molecule has 2 aromatic heterocycles. The summed E-state index contributed by atoms with van der Waals surface area (Å²) in [5.41, 5.74) is -0.0403. The summed E-state index contributed by atoms with van der Waals surface area (Å²) in [5.74, 6) is 0.218. The van der Waals surface area contributed by atoms with Crippen LogP contribution in [0, 0.1) is 0 Å². The summed E-state index contributed by atoms with van der Waals surface area (Å²) in [6, 6.07) is 5.35. The molecule has 2 amide bonds. The van der Waals surface area contributed by atoms with Crippen molar-refractivity contribution in [1.29, 1.82) is 0 Å². The summed E-state index contributed by atoms with van der Waals surface area (Å²) in [6.45, 7) is 5.19. The number of ether oxygens (including phenoxy) is 1. The molecule has 0 radical (unpaired) electrons. The number of nitrogens with one attached hydrogen (secondary N) is 1. The van der Waals surface area contributed by atoms with Gasteiger partial charge in [0.05, 0.1) is 6.54 Å². The van der Waals surface area contributed by atoms with Crippen LogP contribution in [0.5, 0.6) is 0 Å². The highest BCUT2D eigenvalue weighted by molar-refractivity contribution is 5.82. The lowest BCUT2D eigenvalue weighted by atomic mass is 10.2. The molecule has 0 aliphatic rings. The molecule has 0 atom stereocenters. The van der Waals surface area contributed by atoms with Crippen LogP contribution < -0.4 is 5.32 Å². The maximum atomic E-state index is 11.9. The molecule has 0 fully saturated rings. The van der Waals surface area contributed by atoms with Crippen LogP contribution in [0.25, 0.3) is 11.5 Å². The monoisotopic (exact) mass is 347 g/mol. The quantitative estimate of drug-likeness (QED) is 0.875. The van der Waals surface area contributed by atoms with Crippen molar-refractivity contribution in [3.05, 3.63) is 30.3 Å². The molecule has 2 heterocycles. The molecule has 0 aliphatic heterocycles. The highest BCUT2D eigenvalue weighted by atomic mass is 16.6. The van der Waals surface area contributed by atoms with E-state index in [0.717, 1.165) is 0 Å². The Hall–Kier alpha value is -2.97. The SMILES string of the molecule is CN(CC(=O)NCc1nc(-c2ccccn2)no1)C(=O)OC(C)(C)C. The van der Waals surface area contributed by atoms with Gasteiger partial charge in [-0.05, 0) is 32.9 Å². The topological polar surface area (TPSA) is 110 Å². The third-order valence-corrected chi connectivity index (χ3v) is 2.88. The number of amides is 2. The Bertz CT molecular complexity index is 724. The average molecular weight is 347 g/mol. The second kappa shape index (κ2) is 7.73. The van der Waals surface area contributed by atoms with E-state index in [1.807, 2.05) is 6.07 Å². The van der Waals surface area contributed by atoms with Crippen LogP contribution in [-0.4, -0.2) is 51.2 Å². The van der Waals surface area contributed by atoms with Crippen LogP contribution in [0.3, 0.4) is 0 Å². The molecule has 0 unspecified atom stereocenters. The summed E-state index contributed by atoms with van der Waals surface area (Å²) in [5, 5.41) is 6.42. The maximum absolute atomic E-state index is 11.9. The number of hydrogen-bond acceptors (Lipinski definition) is 7. The molecular formula is C16H21N5O4. The molecule has 0 aliphatic carbocycles. The van der Waals surface area contributed by atoms with Crippen molar-refractivity contribution >= 4 is 12.0 Å². The third kappa shape index (κ3) is 5.87. The zero-order valence-corrected chi connectivity index (χ0v) is 14.6. The van der Waals surface area contributed by atoms with Crippen molar-refractivity contribution in [1.82, 2.24) is 25.3 Å². The van der Waals surface area contributed by atoms with Gasteiger partial charge < -0.3 is 19.5 Å². The second-order valence-corrected chi connectivity index (χ2v) is 6.34. The van der Waals surface area contributed by atoms with Crippen LogP contribution in [-0.2, 0) is 16.1 Å². The minimum Gasteiger partial charge on any atom is -0.444 e. The second-order valence-electron chi connectivity index (χ2n) is 6.34. The normalized spacial score (nSPS) is 11.0. The van der Waals surface area contributed by atoms with Gasteiger partial charge in [0.15, 0.2) is 0 Å². The van der Waals surface area contributed by atoms with Crippen LogP contribution in [0.2, 0.25) is 0 Å². The molecule has 9 nitrogen and oxygen atoms in total. The highest BCUT2D eigenvalue weighted by Crippen LogP contribution is 2.11. The van der Waals surface area contributed by atoms with E-state index in [2.05, 4.69) is 20.4 Å². The zero-order valence-electron chi connectivity index (χ0n) is 14.6. The van der Waals surface area contributed by atoms with Crippen molar-refractivity contribution in [2.24, 2.45) is 0 Å². The van der Waals surface area contributed by atoms with E-state index < -0.39 is 11.7 Å². The average Bonchev–Trinajstić information content (AvgIpc) is 3.01. The van der Waals surface area contributed by atoms with Crippen LogP contribution >= 0.6 is 0 Å². The summed E-state index contributed by atoms with van der Waals surface area (Å²) >= 11 is 0. The van der Waals surface area contributed by atoms with E-state index in [0.29, 0.717) is 11.5 Å². The summed E-state index contributed by atoms with van der Waals surface area (Å²) in [6.07, 6.45) is 1.05. The van der Waals surface area contributed by atoms with Crippen LogP contribution in [0.1, 0.15) is 26.7 Å². The fourth-order valence-electron chi connectivity index (χ4n) is 1.78. The van der Waals surface area contributed by atoms with Crippen molar-refractivity contribution in [3.8, 4) is 11.5 Å². The Morgan fingerprint density at radius 3 is 2.72 bits per heavy atom. The van der Waals surface area contributed by atoms with Gasteiger partial charge in [-0.1, -0.05) is 11.2 Å². The smallest absolute Gasteiger partial charge is 0.410 e. The zero-order chi connectivity index (χ0) is 18.4. The lowest BCUT2D eigenvalue weighted by molar-refractivity contribution is -0.122. The van der Waals surface area contributed by atoms with Gasteiger partial charge in [0.25, 0.3) is 0 Å². The van der Waals surface area contributed by atoms with E-state index >= 15 is 0 Å². The Morgan fingerprint density at radius 1 is 1.32 bits per heavy atom. The molecule has 9 heteroatoms. The van der Waals surface area contributed by atoms with E-state index in [1.165, 1.54) is 11.9 Å². The Labute approximate surface area is 145 Å². The molecule has 134 valence electrons. The number of hydrogen-bond donors (Lipinski definition) is 1. The number of rotatable bonds is 5. The number of aromatic nitrogens is 3. The third-order valence-electron chi connectivity index (χ3n) is 2.88. The molecular weight excluding hydrogens is 326 g/mol. The molecule has 0 aromatic carbocycles. The minimum absolute atomic E-state index is 0.0564. The van der Waals surface area contributed by atoms with E-state index in [1.54, 1.807) is 39.1 Å². The Morgan fingerprint density at radius 2 is 2.08 bits per heavy atom. The summed E-state index contributed by atoms with van der Waals surface area (Å²) in [7, 11) is 1.49. The number of likely N-dealkylation sites (N-methyl/N-ethyl adjacent to an activating group) is 1. The van der Waals surface area contributed by atoms with Gasteiger partial charge in [0.2, 0.25) is 17.6 Å². The van der Waals surface area contributed by atoms with Crippen molar-refractivity contribution in [2.45, 2.75) is 32.9 Å².